The van der Waals surface area contributed by atoms with Crippen LogP contribution in [0.1, 0.15) is 21.7 Å². The number of amides is 1. The minimum atomic E-state index is -0.901. The van der Waals surface area contributed by atoms with Crippen molar-refractivity contribution < 1.29 is 13.6 Å². The van der Waals surface area contributed by atoms with Gasteiger partial charge in [0.1, 0.15) is 34.9 Å². The summed E-state index contributed by atoms with van der Waals surface area (Å²) >= 11 is 0. The molecule has 150 valence electrons. The number of aryl methyl sites for hydroxylation is 2. The molecule has 0 radical (unpaired) electrons. The molecule has 0 saturated heterocycles. The van der Waals surface area contributed by atoms with Crippen LogP contribution in [0, 0.1) is 25.5 Å². The Morgan fingerprint density at radius 3 is 2.52 bits per heavy atom. The van der Waals surface area contributed by atoms with Crippen LogP contribution in [-0.4, -0.2) is 33.9 Å². The van der Waals surface area contributed by atoms with E-state index in [1.807, 2.05) is 19.1 Å². The predicted octanol–water partition coefficient (Wildman–Crippen LogP) is 3.35. The lowest BCUT2D eigenvalue weighted by molar-refractivity contribution is 0.0951. The second-order valence-electron chi connectivity index (χ2n) is 6.34. The van der Waals surface area contributed by atoms with Crippen molar-refractivity contribution in [2.45, 2.75) is 13.8 Å². The molecule has 0 aliphatic carbocycles. The van der Waals surface area contributed by atoms with E-state index in [2.05, 4.69) is 30.9 Å². The highest BCUT2D eigenvalue weighted by molar-refractivity contribution is 5.94. The van der Waals surface area contributed by atoms with Crippen LogP contribution in [0.15, 0.2) is 42.6 Å². The van der Waals surface area contributed by atoms with E-state index in [4.69, 9.17) is 0 Å². The van der Waals surface area contributed by atoms with Crippen molar-refractivity contribution in [2.24, 2.45) is 0 Å². The van der Waals surface area contributed by atoms with Gasteiger partial charge in [-0.05, 0) is 43.7 Å². The van der Waals surface area contributed by atoms with Crippen LogP contribution >= 0.6 is 0 Å². The Bertz CT molecular complexity index is 1030. The molecule has 2 aromatic heterocycles. The maximum Gasteiger partial charge on any atom is 0.254 e. The number of hydrogen-bond acceptors (Lipinski definition) is 6. The van der Waals surface area contributed by atoms with Gasteiger partial charge in [-0.2, -0.15) is 0 Å². The van der Waals surface area contributed by atoms with Crippen molar-refractivity contribution in [1.29, 1.82) is 0 Å². The first-order valence-corrected chi connectivity index (χ1v) is 8.93. The highest BCUT2D eigenvalue weighted by Gasteiger charge is 2.11. The number of pyridine rings is 1. The van der Waals surface area contributed by atoms with Gasteiger partial charge in [0.25, 0.3) is 5.91 Å². The fourth-order valence-electron chi connectivity index (χ4n) is 2.59. The third-order valence-corrected chi connectivity index (χ3v) is 3.90. The molecule has 0 fully saturated rings. The van der Waals surface area contributed by atoms with E-state index in [9.17, 15) is 13.6 Å². The molecule has 2 heterocycles. The smallest absolute Gasteiger partial charge is 0.254 e. The zero-order chi connectivity index (χ0) is 20.8. The van der Waals surface area contributed by atoms with E-state index in [1.54, 1.807) is 19.2 Å². The molecule has 1 aromatic carbocycles. The van der Waals surface area contributed by atoms with Gasteiger partial charge in [-0.15, -0.1) is 0 Å². The highest BCUT2D eigenvalue weighted by atomic mass is 19.1. The highest BCUT2D eigenvalue weighted by Crippen LogP contribution is 2.16. The lowest BCUT2D eigenvalue weighted by atomic mass is 10.2. The van der Waals surface area contributed by atoms with Crippen molar-refractivity contribution in [3.63, 3.8) is 0 Å². The number of nitrogens with one attached hydrogen (secondary N) is 3. The first-order chi connectivity index (χ1) is 13.9. The van der Waals surface area contributed by atoms with E-state index in [-0.39, 0.29) is 12.1 Å². The Labute approximate surface area is 166 Å². The third-order valence-electron chi connectivity index (χ3n) is 3.90. The van der Waals surface area contributed by atoms with Crippen molar-refractivity contribution in [2.75, 3.05) is 23.7 Å². The van der Waals surface area contributed by atoms with Gasteiger partial charge < -0.3 is 16.0 Å². The molecule has 0 bridgehead atoms. The average molecular weight is 398 g/mol. The zero-order valence-electron chi connectivity index (χ0n) is 16.0. The Kier molecular flexibility index (Phi) is 6.28. The summed E-state index contributed by atoms with van der Waals surface area (Å²) in [6.45, 7) is 4.31. The molecular weight excluding hydrogens is 378 g/mol. The lowest BCUT2D eigenvalue weighted by Gasteiger charge is -2.11. The molecule has 9 heteroatoms. The number of carbonyl (C=O) groups is 1. The molecule has 29 heavy (non-hydrogen) atoms. The summed E-state index contributed by atoms with van der Waals surface area (Å²) in [5, 5.41) is 8.77. The van der Waals surface area contributed by atoms with Gasteiger partial charge in [0.2, 0.25) is 0 Å². The number of anilines is 3. The molecule has 7 nitrogen and oxygen atoms in total. The molecule has 0 saturated carbocycles. The van der Waals surface area contributed by atoms with Gasteiger partial charge in [0.05, 0.1) is 5.56 Å². The molecule has 1 amide bonds. The maximum atomic E-state index is 13.6. The SMILES string of the molecule is Cc1ccnc(Nc2cc(NCCNC(=O)c3ccc(F)cc3F)nc(C)n2)c1. The van der Waals surface area contributed by atoms with Crippen molar-refractivity contribution >= 4 is 23.4 Å². The number of carbonyl (C=O) groups excluding carboxylic acids is 1. The Balaban J connectivity index is 1.55. The number of benzene rings is 1. The van der Waals surface area contributed by atoms with Crippen molar-refractivity contribution in [3.8, 4) is 0 Å². The minimum absolute atomic E-state index is 0.207. The minimum Gasteiger partial charge on any atom is -0.368 e. The number of nitrogens with zero attached hydrogens (tertiary/aromatic N) is 3. The number of halogens is 2. The summed E-state index contributed by atoms with van der Waals surface area (Å²) in [7, 11) is 0. The number of aromatic nitrogens is 3. The monoisotopic (exact) mass is 398 g/mol. The van der Waals surface area contributed by atoms with Crippen molar-refractivity contribution in [1.82, 2.24) is 20.3 Å². The fourth-order valence-corrected chi connectivity index (χ4v) is 2.59. The van der Waals surface area contributed by atoms with E-state index >= 15 is 0 Å². The largest absolute Gasteiger partial charge is 0.368 e. The van der Waals surface area contributed by atoms with Gasteiger partial charge >= 0.3 is 0 Å². The zero-order valence-corrected chi connectivity index (χ0v) is 16.0. The fraction of sp³-hybridized carbons (Fsp3) is 0.200. The van der Waals surface area contributed by atoms with Gasteiger partial charge in [-0.3, -0.25) is 4.79 Å². The summed E-state index contributed by atoms with van der Waals surface area (Å²) in [4.78, 5) is 24.8. The lowest BCUT2D eigenvalue weighted by Crippen LogP contribution is -2.29. The maximum absolute atomic E-state index is 13.6. The van der Waals surface area contributed by atoms with Crippen LogP contribution < -0.4 is 16.0 Å². The topological polar surface area (TPSA) is 91.8 Å². The first kappa shape index (κ1) is 20.1. The Morgan fingerprint density at radius 2 is 1.76 bits per heavy atom. The summed E-state index contributed by atoms with van der Waals surface area (Å²) in [6.07, 6.45) is 1.71. The van der Waals surface area contributed by atoms with Crippen LogP contribution in [-0.2, 0) is 0 Å². The summed E-state index contributed by atoms with van der Waals surface area (Å²) in [5.74, 6) is 0.124. The Morgan fingerprint density at radius 1 is 0.966 bits per heavy atom. The Hall–Kier alpha value is -3.62. The summed E-state index contributed by atoms with van der Waals surface area (Å²) in [5.41, 5.74) is 0.862. The van der Waals surface area contributed by atoms with Gasteiger partial charge in [0, 0.05) is 31.4 Å². The van der Waals surface area contributed by atoms with Crippen LogP contribution in [0.25, 0.3) is 0 Å². The quantitative estimate of drug-likeness (QED) is 0.529. The molecule has 3 rings (SSSR count). The van der Waals surface area contributed by atoms with E-state index < -0.39 is 17.5 Å². The van der Waals surface area contributed by atoms with Crippen LogP contribution in [0.2, 0.25) is 0 Å². The third kappa shape index (κ3) is 5.68. The molecule has 3 aromatic rings. The van der Waals surface area contributed by atoms with E-state index in [0.29, 0.717) is 35.9 Å². The van der Waals surface area contributed by atoms with E-state index in [1.165, 1.54) is 0 Å². The molecule has 3 N–H and O–H groups in total. The molecule has 0 unspecified atom stereocenters. The first-order valence-electron chi connectivity index (χ1n) is 8.93. The summed E-state index contributed by atoms with van der Waals surface area (Å²) in [6, 6.07) is 8.34. The molecular formula is C20H20F2N6O. The number of hydrogen-bond donors (Lipinski definition) is 3. The van der Waals surface area contributed by atoms with Crippen LogP contribution in [0.3, 0.4) is 0 Å². The second kappa shape index (κ2) is 9.05. The molecule has 0 spiro atoms. The second-order valence-corrected chi connectivity index (χ2v) is 6.34. The van der Waals surface area contributed by atoms with Crippen LogP contribution in [0.5, 0.6) is 0 Å². The summed E-state index contributed by atoms with van der Waals surface area (Å²) < 4.78 is 26.5. The van der Waals surface area contributed by atoms with Crippen LogP contribution in [0.4, 0.5) is 26.2 Å². The normalized spacial score (nSPS) is 10.5. The predicted molar refractivity (Wildman–Crippen MR) is 106 cm³/mol. The number of rotatable bonds is 7. The van der Waals surface area contributed by atoms with Gasteiger partial charge in [-0.25, -0.2) is 23.7 Å². The van der Waals surface area contributed by atoms with Crippen molar-refractivity contribution in [3.05, 3.63) is 71.2 Å². The molecule has 0 atom stereocenters. The van der Waals surface area contributed by atoms with Gasteiger partial charge in [-0.1, -0.05) is 0 Å². The molecule has 0 aliphatic rings. The molecule has 0 aliphatic heterocycles. The van der Waals surface area contributed by atoms with Gasteiger partial charge in [0.15, 0.2) is 0 Å². The van der Waals surface area contributed by atoms with E-state index in [0.717, 1.165) is 17.7 Å². The standard InChI is InChI=1S/C20H20F2N6O/c1-12-5-6-23-17(9-12)28-19-11-18(26-13(2)27-19)24-7-8-25-20(29)15-4-3-14(21)10-16(15)22/h3-6,9-11H,7-8H2,1-2H3,(H,25,29)(H2,23,24,26,27,28). The average Bonchev–Trinajstić information content (AvgIpc) is 2.64.